The number of hydrogen-bond donors (Lipinski definition) is 3. The second-order valence-corrected chi connectivity index (χ2v) is 9.54. The Bertz CT molecular complexity index is 1500. The largest absolute Gasteiger partial charge is 0.328 e. The first-order valence-electron chi connectivity index (χ1n) is 10.4. The van der Waals surface area contributed by atoms with Gasteiger partial charge in [0.05, 0.1) is 21.2 Å². The molecular formula is C25H19BrCl2N4O3. The minimum absolute atomic E-state index is 0.111. The summed E-state index contributed by atoms with van der Waals surface area (Å²) >= 11 is 15.5. The summed E-state index contributed by atoms with van der Waals surface area (Å²) in [6.45, 7) is 3.86. The second-order valence-electron chi connectivity index (χ2n) is 7.84. The van der Waals surface area contributed by atoms with Gasteiger partial charge in [0.2, 0.25) is 0 Å². The molecular weight excluding hydrogens is 555 g/mol. The van der Waals surface area contributed by atoms with Crippen LogP contribution in [0.25, 0.3) is 10.9 Å². The smallest absolute Gasteiger partial charge is 0.320 e. The van der Waals surface area contributed by atoms with Gasteiger partial charge in [0.15, 0.2) is 0 Å². The lowest BCUT2D eigenvalue weighted by Crippen LogP contribution is -2.36. The van der Waals surface area contributed by atoms with Crippen molar-refractivity contribution in [1.82, 2.24) is 4.68 Å². The van der Waals surface area contributed by atoms with Crippen molar-refractivity contribution >= 4 is 79.1 Å². The maximum Gasteiger partial charge on any atom is 0.328 e. The Morgan fingerprint density at radius 3 is 2.37 bits per heavy atom. The number of rotatable bonds is 4. The Kier molecular flexibility index (Phi) is 7.16. The van der Waals surface area contributed by atoms with Gasteiger partial charge in [-0.25, -0.2) is 4.68 Å². The Morgan fingerprint density at radius 2 is 1.63 bits per heavy atom. The van der Waals surface area contributed by atoms with Gasteiger partial charge in [0, 0.05) is 15.5 Å². The van der Waals surface area contributed by atoms with Crippen molar-refractivity contribution in [2.45, 2.75) is 13.8 Å². The number of aryl methyl sites for hydroxylation is 2. The summed E-state index contributed by atoms with van der Waals surface area (Å²) in [5.41, 5.74) is 5.97. The maximum absolute atomic E-state index is 13.2. The molecule has 35 heavy (non-hydrogen) atoms. The molecule has 4 aromatic rings. The van der Waals surface area contributed by atoms with Crippen LogP contribution < -0.4 is 16.1 Å². The fourth-order valence-corrected chi connectivity index (χ4v) is 4.27. The normalized spacial score (nSPS) is 10.8. The monoisotopic (exact) mass is 572 g/mol. The van der Waals surface area contributed by atoms with Gasteiger partial charge in [-0.15, -0.1) is 0 Å². The molecule has 178 valence electrons. The molecule has 3 amide bonds. The van der Waals surface area contributed by atoms with Crippen LogP contribution in [0, 0.1) is 13.8 Å². The lowest BCUT2D eigenvalue weighted by molar-refractivity contribution is -0.133. The fourth-order valence-electron chi connectivity index (χ4n) is 3.55. The number of amides is 3. The van der Waals surface area contributed by atoms with Crippen LogP contribution in [0.1, 0.15) is 21.6 Å². The number of aromatic nitrogens is 1. The molecule has 7 nitrogen and oxygen atoms in total. The Balaban J connectivity index is 1.65. The van der Waals surface area contributed by atoms with E-state index in [0.29, 0.717) is 16.6 Å². The summed E-state index contributed by atoms with van der Waals surface area (Å²) in [5, 5.41) is 6.33. The summed E-state index contributed by atoms with van der Waals surface area (Å²) < 4.78 is 2.07. The minimum Gasteiger partial charge on any atom is -0.320 e. The highest BCUT2D eigenvalue weighted by Gasteiger charge is 2.22. The predicted molar refractivity (Wildman–Crippen MR) is 143 cm³/mol. The summed E-state index contributed by atoms with van der Waals surface area (Å²) in [5.74, 6) is -2.43. The first-order valence-corrected chi connectivity index (χ1v) is 11.9. The molecule has 0 aliphatic rings. The SMILES string of the molecule is Cc1ccc(NC(=O)c2cc3cc(Br)ccc3n2NC(=O)C(=O)Nc2cccc(Cl)c2Cl)c(C)c1. The number of benzene rings is 3. The number of hydrogen-bond acceptors (Lipinski definition) is 3. The number of nitrogens with one attached hydrogen (secondary N) is 3. The molecule has 0 atom stereocenters. The first kappa shape index (κ1) is 24.8. The summed E-state index contributed by atoms with van der Waals surface area (Å²) in [7, 11) is 0. The van der Waals surface area contributed by atoms with Crippen LogP contribution in [-0.2, 0) is 9.59 Å². The molecule has 1 heterocycles. The first-order chi connectivity index (χ1) is 16.6. The van der Waals surface area contributed by atoms with Crippen LogP contribution in [-0.4, -0.2) is 22.4 Å². The average Bonchev–Trinajstić information content (AvgIpc) is 3.16. The highest BCUT2D eigenvalue weighted by molar-refractivity contribution is 9.10. The van der Waals surface area contributed by atoms with E-state index in [2.05, 4.69) is 32.0 Å². The number of nitrogens with zero attached hydrogens (tertiary/aromatic N) is 1. The zero-order chi connectivity index (χ0) is 25.3. The van der Waals surface area contributed by atoms with Gasteiger partial charge in [-0.3, -0.25) is 19.8 Å². The molecule has 10 heteroatoms. The van der Waals surface area contributed by atoms with Gasteiger partial charge < -0.3 is 10.6 Å². The van der Waals surface area contributed by atoms with Crippen LogP contribution in [0.5, 0.6) is 0 Å². The summed E-state index contributed by atoms with van der Waals surface area (Å²) in [6, 6.07) is 17.2. The van der Waals surface area contributed by atoms with Crippen LogP contribution in [0.15, 0.2) is 65.1 Å². The predicted octanol–water partition coefficient (Wildman–Crippen LogP) is 6.29. The molecule has 0 radical (unpaired) electrons. The lowest BCUT2D eigenvalue weighted by atomic mass is 10.1. The number of carbonyl (C=O) groups excluding carboxylic acids is 3. The standard InChI is InChI=1S/C25H19BrCl2N4O3/c1-13-6-8-18(14(2)10-13)29-23(33)21-12-15-11-16(26)7-9-20(15)32(21)31-25(35)24(34)30-19-5-3-4-17(27)22(19)28/h3-12H,1-2H3,(H,29,33)(H,30,34)(H,31,35). The van der Waals surface area contributed by atoms with E-state index in [1.807, 2.05) is 32.0 Å². The molecule has 0 aliphatic carbocycles. The van der Waals surface area contributed by atoms with Crippen LogP contribution in [0.2, 0.25) is 10.0 Å². The highest BCUT2D eigenvalue weighted by atomic mass is 79.9. The number of halogens is 3. The molecule has 0 saturated carbocycles. The van der Waals surface area contributed by atoms with E-state index in [1.54, 1.807) is 36.4 Å². The van der Waals surface area contributed by atoms with E-state index in [1.165, 1.54) is 10.7 Å². The van der Waals surface area contributed by atoms with Crippen molar-refractivity contribution in [2.24, 2.45) is 0 Å². The van der Waals surface area contributed by atoms with Crippen molar-refractivity contribution in [2.75, 3.05) is 16.1 Å². The van der Waals surface area contributed by atoms with Crippen molar-refractivity contribution < 1.29 is 14.4 Å². The summed E-state index contributed by atoms with van der Waals surface area (Å²) in [6.07, 6.45) is 0. The van der Waals surface area contributed by atoms with Crippen molar-refractivity contribution in [3.05, 3.63) is 92.0 Å². The zero-order valence-corrected chi connectivity index (χ0v) is 21.7. The lowest BCUT2D eigenvalue weighted by Gasteiger charge is -2.14. The van der Waals surface area contributed by atoms with Crippen LogP contribution in [0.3, 0.4) is 0 Å². The minimum atomic E-state index is -0.998. The highest BCUT2D eigenvalue weighted by Crippen LogP contribution is 2.29. The molecule has 0 unspecified atom stereocenters. The van der Waals surface area contributed by atoms with Gasteiger partial charge in [-0.05, 0) is 61.9 Å². The van der Waals surface area contributed by atoms with E-state index >= 15 is 0 Å². The maximum atomic E-state index is 13.2. The molecule has 0 bridgehead atoms. The molecule has 4 rings (SSSR count). The average molecular weight is 574 g/mol. The molecule has 3 aromatic carbocycles. The topological polar surface area (TPSA) is 92.2 Å². The van der Waals surface area contributed by atoms with Gasteiger partial charge in [0.25, 0.3) is 5.91 Å². The van der Waals surface area contributed by atoms with Gasteiger partial charge in [0.1, 0.15) is 5.69 Å². The summed E-state index contributed by atoms with van der Waals surface area (Å²) in [4.78, 5) is 38.6. The Morgan fingerprint density at radius 1 is 0.857 bits per heavy atom. The number of fused-ring (bicyclic) bond motifs is 1. The van der Waals surface area contributed by atoms with E-state index in [0.717, 1.165) is 15.6 Å². The Hall–Kier alpha value is -3.33. The van der Waals surface area contributed by atoms with E-state index in [9.17, 15) is 14.4 Å². The van der Waals surface area contributed by atoms with Crippen LogP contribution in [0.4, 0.5) is 11.4 Å². The third kappa shape index (κ3) is 5.35. The molecule has 0 spiro atoms. The number of carbonyl (C=O) groups is 3. The van der Waals surface area contributed by atoms with Crippen molar-refractivity contribution in [3.63, 3.8) is 0 Å². The fraction of sp³-hybridized carbons (Fsp3) is 0.0800. The Labute approximate surface area is 219 Å². The third-order valence-corrected chi connectivity index (χ3v) is 6.56. The molecule has 3 N–H and O–H groups in total. The molecule has 0 fully saturated rings. The van der Waals surface area contributed by atoms with E-state index < -0.39 is 17.7 Å². The van der Waals surface area contributed by atoms with Gasteiger partial charge >= 0.3 is 11.8 Å². The third-order valence-electron chi connectivity index (χ3n) is 5.25. The van der Waals surface area contributed by atoms with Crippen molar-refractivity contribution in [3.8, 4) is 0 Å². The van der Waals surface area contributed by atoms with Crippen molar-refractivity contribution in [1.29, 1.82) is 0 Å². The van der Waals surface area contributed by atoms with Gasteiger partial charge in [-0.2, -0.15) is 0 Å². The molecule has 1 aromatic heterocycles. The quantitative estimate of drug-likeness (QED) is 0.251. The zero-order valence-electron chi connectivity index (χ0n) is 18.6. The van der Waals surface area contributed by atoms with Crippen LogP contribution >= 0.6 is 39.1 Å². The van der Waals surface area contributed by atoms with E-state index in [-0.39, 0.29) is 21.4 Å². The molecule has 0 aliphatic heterocycles. The second kappa shape index (κ2) is 10.1. The number of anilines is 2. The molecule has 0 saturated heterocycles. The van der Waals surface area contributed by atoms with Gasteiger partial charge in [-0.1, -0.05) is 62.9 Å². The van der Waals surface area contributed by atoms with E-state index in [4.69, 9.17) is 23.2 Å².